The molecule has 0 aliphatic rings. The van der Waals surface area contributed by atoms with Crippen LogP contribution in [-0.2, 0) is 4.79 Å². The third-order valence-electron chi connectivity index (χ3n) is 3.56. The van der Waals surface area contributed by atoms with E-state index >= 15 is 0 Å². The Kier molecular flexibility index (Phi) is 4.82. The number of carbonyl (C=O) groups is 2. The average Bonchev–Trinajstić information content (AvgIpc) is 2.66. The molecule has 0 unspecified atom stereocenters. The number of aromatic nitrogens is 1. The van der Waals surface area contributed by atoms with Gasteiger partial charge in [0.2, 0.25) is 0 Å². The SMILES string of the molecule is O=C(C=Cc1ccc(C(=O)Nc2cnc3ccccc3c2)cc1)NO. The van der Waals surface area contributed by atoms with Crippen molar-refractivity contribution in [2.75, 3.05) is 5.32 Å². The summed E-state index contributed by atoms with van der Waals surface area (Å²) in [5, 5.41) is 12.2. The molecule has 1 heterocycles. The molecule has 3 N–H and O–H groups in total. The molecule has 0 saturated heterocycles. The van der Waals surface area contributed by atoms with Crippen LogP contribution in [0.2, 0.25) is 0 Å². The normalized spacial score (nSPS) is 10.8. The zero-order chi connectivity index (χ0) is 17.6. The molecule has 0 saturated carbocycles. The number of rotatable bonds is 4. The number of hydrogen-bond donors (Lipinski definition) is 3. The Morgan fingerprint density at radius 2 is 1.80 bits per heavy atom. The molecule has 25 heavy (non-hydrogen) atoms. The van der Waals surface area contributed by atoms with Gasteiger partial charge >= 0.3 is 0 Å². The van der Waals surface area contributed by atoms with E-state index in [2.05, 4.69) is 10.3 Å². The molecule has 3 aromatic rings. The zero-order valence-electron chi connectivity index (χ0n) is 13.1. The van der Waals surface area contributed by atoms with Crippen LogP contribution < -0.4 is 10.8 Å². The summed E-state index contributed by atoms with van der Waals surface area (Å²) in [7, 11) is 0. The van der Waals surface area contributed by atoms with Crippen LogP contribution in [0.1, 0.15) is 15.9 Å². The summed E-state index contributed by atoms with van der Waals surface area (Å²) in [5.41, 5.74) is 4.20. The monoisotopic (exact) mass is 333 g/mol. The van der Waals surface area contributed by atoms with E-state index in [9.17, 15) is 9.59 Å². The van der Waals surface area contributed by atoms with Crippen LogP contribution in [0, 0.1) is 0 Å². The summed E-state index contributed by atoms with van der Waals surface area (Å²) in [5.74, 6) is -0.869. The maximum Gasteiger partial charge on any atom is 0.267 e. The van der Waals surface area contributed by atoms with Crippen molar-refractivity contribution in [1.29, 1.82) is 0 Å². The van der Waals surface area contributed by atoms with Crippen LogP contribution >= 0.6 is 0 Å². The third kappa shape index (κ3) is 4.07. The maximum atomic E-state index is 12.3. The van der Waals surface area contributed by atoms with Crippen molar-refractivity contribution in [2.45, 2.75) is 0 Å². The van der Waals surface area contributed by atoms with E-state index in [4.69, 9.17) is 5.21 Å². The Hall–Kier alpha value is -3.51. The lowest BCUT2D eigenvalue weighted by Crippen LogP contribution is -2.14. The second-order valence-electron chi connectivity index (χ2n) is 5.30. The number of nitrogens with one attached hydrogen (secondary N) is 2. The van der Waals surface area contributed by atoms with E-state index in [-0.39, 0.29) is 5.91 Å². The summed E-state index contributed by atoms with van der Waals surface area (Å²) in [6, 6.07) is 16.2. The minimum Gasteiger partial charge on any atom is -0.321 e. The molecule has 0 aliphatic carbocycles. The van der Waals surface area contributed by atoms with E-state index < -0.39 is 5.91 Å². The number of fused-ring (bicyclic) bond motifs is 1. The summed E-state index contributed by atoms with van der Waals surface area (Å²) in [4.78, 5) is 27.6. The van der Waals surface area contributed by atoms with Crippen molar-refractivity contribution in [3.8, 4) is 0 Å². The summed E-state index contributed by atoms with van der Waals surface area (Å²) in [6.45, 7) is 0. The van der Waals surface area contributed by atoms with Crippen molar-refractivity contribution in [3.63, 3.8) is 0 Å². The van der Waals surface area contributed by atoms with Gasteiger partial charge in [-0.1, -0.05) is 30.3 Å². The predicted molar refractivity (Wildman–Crippen MR) is 95.1 cm³/mol. The van der Waals surface area contributed by atoms with Crippen molar-refractivity contribution >= 4 is 34.5 Å². The first-order valence-electron chi connectivity index (χ1n) is 7.54. The van der Waals surface area contributed by atoms with Crippen molar-refractivity contribution in [2.24, 2.45) is 0 Å². The lowest BCUT2D eigenvalue weighted by atomic mass is 10.1. The molecular formula is C19H15N3O3. The molecule has 0 bridgehead atoms. The number of carbonyl (C=O) groups excluding carboxylic acids is 2. The quantitative estimate of drug-likeness (QED) is 0.389. The number of para-hydroxylation sites is 1. The molecule has 6 nitrogen and oxygen atoms in total. The highest BCUT2D eigenvalue weighted by atomic mass is 16.5. The Bertz CT molecular complexity index is 950. The van der Waals surface area contributed by atoms with E-state index in [0.29, 0.717) is 11.3 Å². The summed E-state index contributed by atoms with van der Waals surface area (Å²) < 4.78 is 0. The molecule has 2 aromatic carbocycles. The van der Waals surface area contributed by atoms with E-state index in [0.717, 1.165) is 16.5 Å². The van der Waals surface area contributed by atoms with Crippen LogP contribution in [-0.4, -0.2) is 22.0 Å². The minimum absolute atomic E-state index is 0.249. The van der Waals surface area contributed by atoms with Crippen LogP contribution in [0.3, 0.4) is 0 Å². The summed E-state index contributed by atoms with van der Waals surface area (Å²) in [6.07, 6.45) is 4.33. The van der Waals surface area contributed by atoms with Gasteiger partial charge in [0.25, 0.3) is 11.8 Å². The number of nitrogens with zero attached hydrogens (tertiary/aromatic N) is 1. The smallest absolute Gasteiger partial charge is 0.267 e. The fourth-order valence-electron chi connectivity index (χ4n) is 2.30. The Morgan fingerprint density at radius 1 is 1.04 bits per heavy atom. The average molecular weight is 333 g/mol. The lowest BCUT2D eigenvalue weighted by Gasteiger charge is -2.06. The first-order chi connectivity index (χ1) is 12.2. The standard InChI is InChI=1S/C19H15N3O3/c23-18(22-25)10-7-13-5-8-14(9-6-13)19(24)21-16-11-15-3-1-2-4-17(15)20-12-16/h1-12,25H,(H,21,24)(H,22,23). The molecule has 1 aromatic heterocycles. The number of pyridine rings is 1. The minimum atomic E-state index is -0.620. The van der Waals surface area contributed by atoms with Crippen LogP contribution in [0.15, 0.2) is 66.9 Å². The van der Waals surface area contributed by atoms with E-state index in [1.807, 2.05) is 30.3 Å². The molecule has 0 radical (unpaired) electrons. The zero-order valence-corrected chi connectivity index (χ0v) is 13.1. The molecule has 3 rings (SSSR count). The summed E-state index contributed by atoms with van der Waals surface area (Å²) >= 11 is 0. The van der Waals surface area contributed by atoms with Gasteiger partial charge in [-0.05, 0) is 35.9 Å². The topological polar surface area (TPSA) is 91.3 Å². The molecule has 6 heteroatoms. The molecule has 0 aliphatic heterocycles. The number of amides is 2. The van der Waals surface area contributed by atoms with Gasteiger partial charge in [0.05, 0.1) is 17.4 Å². The fraction of sp³-hybridized carbons (Fsp3) is 0. The molecule has 0 fully saturated rings. The van der Waals surface area contributed by atoms with Gasteiger partial charge in [-0.3, -0.25) is 19.8 Å². The lowest BCUT2D eigenvalue weighted by molar-refractivity contribution is -0.124. The third-order valence-corrected chi connectivity index (χ3v) is 3.56. The molecule has 0 atom stereocenters. The molecular weight excluding hydrogens is 318 g/mol. The number of hydroxylamine groups is 1. The molecule has 2 amide bonds. The first kappa shape index (κ1) is 16.4. The van der Waals surface area contributed by atoms with Gasteiger partial charge in [-0.2, -0.15) is 0 Å². The van der Waals surface area contributed by atoms with Gasteiger partial charge in [-0.15, -0.1) is 0 Å². The van der Waals surface area contributed by atoms with Crippen molar-refractivity contribution in [3.05, 3.63) is 78.0 Å². The van der Waals surface area contributed by atoms with E-state index in [1.165, 1.54) is 17.6 Å². The van der Waals surface area contributed by atoms with Gasteiger partial charge in [0, 0.05) is 17.0 Å². The highest BCUT2D eigenvalue weighted by Gasteiger charge is 2.06. The fourth-order valence-corrected chi connectivity index (χ4v) is 2.30. The Morgan fingerprint density at radius 3 is 2.56 bits per heavy atom. The number of benzene rings is 2. The van der Waals surface area contributed by atoms with Crippen LogP contribution in [0.4, 0.5) is 5.69 Å². The van der Waals surface area contributed by atoms with Gasteiger partial charge < -0.3 is 5.32 Å². The molecule has 0 spiro atoms. The predicted octanol–water partition coefficient (Wildman–Crippen LogP) is 3.01. The highest BCUT2D eigenvalue weighted by molar-refractivity contribution is 6.05. The van der Waals surface area contributed by atoms with Gasteiger partial charge in [0.15, 0.2) is 0 Å². The van der Waals surface area contributed by atoms with Crippen LogP contribution in [0.25, 0.3) is 17.0 Å². The van der Waals surface area contributed by atoms with Crippen LogP contribution in [0.5, 0.6) is 0 Å². The van der Waals surface area contributed by atoms with Gasteiger partial charge in [-0.25, -0.2) is 5.48 Å². The second-order valence-corrected chi connectivity index (χ2v) is 5.30. The Balaban J connectivity index is 1.71. The van der Waals surface area contributed by atoms with Crippen molar-refractivity contribution < 1.29 is 14.8 Å². The maximum absolute atomic E-state index is 12.3. The largest absolute Gasteiger partial charge is 0.321 e. The Labute approximate surface area is 143 Å². The second kappa shape index (κ2) is 7.37. The highest BCUT2D eigenvalue weighted by Crippen LogP contribution is 2.17. The molecule has 124 valence electrons. The number of hydrogen-bond acceptors (Lipinski definition) is 4. The van der Waals surface area contributed by atoms with E-state index in [1.54, 1.807) is 30.5 Å². The van der Waals surface area contributed by atoms with Gasteiger partial charge in [0.1, 0.15) is 0 Å². The number of anilines is 1. The van der Waals surface area contributed by atoms with Crippen molar-refractivity contribution in [1.82, 2.24) is 10.5 Å². The first-order valence-corrected chi connectivity index (χ1v) is 7.54.